The molecule has 2 nitrogen and oxygen atoms in total. The van der Waals surface area contributed by atoms with Crippen LogP contribution < -0.4 is 0 Å². The highest BCUT2D eigenvalue weighted by atomic mass is 15.0. The summed E-state index contributed by atoms with van der Waals surface area (Å²) in [5, 5.41) is 5.05. The number of benzene rings is 8. The van der Waals surface area contributed by atoms with Crippen LogP contribution in [0.3, 0.4) is 0 Å². The van der Waals surface area contributed by atoms with Crippen molar-refractivity contribution in [2.75, 3.05) is 0 Å². The van der Waals surface area contributed by atoms with Gasteiger partial charge in [-0.3, -0.25) is 0 Å². The molecule has 0 aliphatic heterocycles. The average molecular weight is 731 g/mol. The summed E-state index contributed by atoms with van der Waals surface area (Å²) in [5.74, 6) is 0. The fraction of sp³-hybridized carbons (Fsp3) is 0.0545. The minimum Gasteiger partial charge on any atom is -0.309 e. The summed E-state index contributed by atoms with van der Waals surface area (Å²) in [6.45, 7) is 4.26. The highest BCUT2D eigenvalue weighted by Crippen LogP contribution is 2.44. The molecule has 0 bridgehead atoms. The molecule has 10 rings (SSSR count). The van der Waals surface area contributed by atoms with E-state index < -0.39 is 0 Å². The van der Waals surface area contributed by atoms with Gasteiger partial charge in [0.25, 0.3) is 0 Å². The Labute approximate surface area is 333 Å². The summed E-state index contributed by atoms with van der Waals surface area (Å²) in [4.78, 5) is 0. The van der Waals surface area contributed by atoms with Gasteiger partial charge in [0, 0.05) is 32.8 Å². The minimum atomic E-state index is 1.01. The Morgan fingerprint density at radius 3 is 1.70 bits per heavy atom. The van der Waals surface area contributed by atoms with E-state index in [1.165, 1.54) is 93.8 Å². The molecule has 0 atom stereocenters. The van der Waals surface area contributed by atoms with E-state index in [9.17, 15) is 0 Å². The van der Waals surface area contributed by atoms with Gasteiger partial charge in [-0.2, -0.15) is 0 Å². The quantitative estimate of drug-likeness (QED) is 0.138. The molecule has 0 fully saturated rings. The summed E-state index contributed by atoms with van der Waals surface area (Å²) >= 11 is 0. The van der Waals surface area contributed by atoms with Crippen molar-refractivity contribution in [3.05, 3.63) is 212 Å². The molecule has 272 valence electrons. The number of allylic oxidation sites excluding steroid dienone is 4. The lowest BCUT2D eigenvalue weighted by Crippen LogP contribution is -1.97. The molecule has 0 saturated carbocycles. The topological polar surface area (TPSA) is 9.86 Å². The van der Waals surface area contributed by atoms with Gasteiger partial charge < -0.3 is 9.13 Å². The first kappa shape index (κ1) is 34.3. The standard InChI is InChI=1S/C55H42N2/c1-3-15-38(16-4-2)40-27-29-42(30-28-40)44-19-14-20-45(37-44)56-50-25-12-9-22-47(50)54-52(56)35-36-53-55(54)48-23-10-13-26-51(48)57(53)49-24-11-8-21-46(49)43-33-31-41(32-34-43)39-17-6-5-7-18-39/h3,5-37H,4H2,1-2H3/b15-3-,38-16+. The first-order valence-electron chi connectivity index (χ1n) is 20.0. The molecule has 8 aromatic carbocycles. The summed E-state index contributed by atoms with van der Waals surface area (Å²) in [6, 6.07) is 68.8. The van der Waals surface area contributed by atoms with Crippen molar-refractivity contribution < 1.29 is 0 Å². The van der Waals surface area contributed by atoms with E-state index in [1.54, 1.807) is 0 Å². The Kier molecular flexibility index (Phi) is 8.73. The number of hydrogen-bond donors (Lipinski definition) is 0. The molecule has 2 heterocycles. The highest BCUT2D eigenvalue weighted by molar-refractivity contribution is 6.29. The van der Waals surface area contributed by atoms with Crippen LogP contribution in [0, 0.1) is 0 Å². The maximum absolute atomic E-state index is 2.47. The van der Waals surface area contributed by atoms with Crippen molar-refractivity contribution >= 4 is 49.2 Å². The zero-order chi connectivity index (χ0) is 38.3. The Morgan fingerprint density at radius 2 is 1.00 bits per heavy atom. The molecule has 0 unspecified atom stereocenters. The molecule has 57 heavy (non-hydrogen) atoms. The normalized spacial score (nSPS) is 12.1. The predicted molar refractivity (Wildman–Crippen MR) is 245 cm³/mol. The van der Waals surface area contributed by atoms with Crippen molar-refractivity contribution in [2.24, 2.45) is 0 Å². The van der Waals surface area contributed by atoms with Gasteiger partial charge >= 0.3 is 0 Å². The number of para-hydroxylation sites is 3. The van der Waals surface area contributed by atoms with E-state index in [0.29, 0.717) is 0 Å². The molecule has 0 aliphatic carbocycles. The van der Waals surface area contributed by atoms with Crippen LogP contribution in [0.2, 0.25) is 0 Å². The second-order valence-corrected chi connectivity index (χ2v) is 14.7. The van der Waals surface area contributed by atoms with Crippen molar-refractivity contribution in [1.82, 2.24) is 9.13 Å². The molecular weight excluding hydrogens is 689 g/mol. The number of aromatic nitrogens is 2. The van der Waals surface area contributed by atoms with Gasteiger partial charge in [0.05, 0.1) is 27.8 Å². The first-order valence-corrected chi connectivity index (χ1v) is 20.0. The van der Waals surface area contributed by atoms with Crippen LogP contribution >= 0.6 is 0 Å². The van der Waals surface area contributed by atoms with Crippen LogP contribution in [0.4, 0.5) is 0 Å². The van der Waals surface area contributed by atoms with Gasteiger partial charge in [0.15, 0.2) is 0 Å². The van der Waals surface area contributed by atoms with E-state index in [0.717, 1.165) is 12.1 Å². The number of rotatable bonds is 8. The maximum Gasteiger partial charge on any atom is 0.0549 e. The summed E-state index contributed by atoms with van der Waals surface area (Å²) < 4.78 is 4.92. The smallest absolute Gasteiger partial charge is 0.0549 e. The number of fused-ring (bicyclic) bond motifs is 7. The third kappa shape index (κ3) is 5.89. The van der Waals surface area contributed by atoms with Gasteiger partial charge in [0.1, 0.15) is 0 Å². The predicted octanol–water partition coefficient (Wildman–Crippen LogP) is 15.3. The molecule has 0 spiro atoms. The Balaban J connectivity index is 1.14. The number of nitrogens with zero attached hydrogens (tertiary/aromatic N) is 2. The highest BCUT2D eigenvalue weighted by Gasteiger charge is 2.21. The first-order chi connectivity index (χ1) is 28.2. The van der Waals surface area contributed by atoms with E-state index in [4.69, 9.17) is 0 Å². The average Bonchev–Trinajstić information content (AvgIpc) is 3.80. The van der Waals surface area contributed by atoms with Crippen LogP contribution in [0.25, 0.3) is 93.9 Å². The van der Waals surface area contributed by atoms with Gasteiger partial charge in [-0.15, -0.1) is 0 Å². The molecule has 0 amide bonds. The van der Waals surface area contributed by atoms with Gasteiger partial charge in [-0.1, -0.05) is 171 Å². The largest absolute Gasteiger partial charge is 0.309 e. The van der Waals surface area contributed by atoms with Crippen molar-refractivity contribution in [3.8, 4) is 44.8 Å². The fourth-order valence-corrected chi connectivity index (χ4v) is 8.80. The van der Waals surface area contributed by atoms with Gasteiger partial charge in [0.2, 0.25) is 0 Å². The SMILES string of the molecule is C/C=C\C(=C/CC)c1ccc(-c2cccc(-n3c4ccccc4c4c5c6ccccc6n(-c6ccccc6-c6ccc(-c7ccccc7)cc6)c5ccc43)c2)cc1. The number of hydrogen-bond acceptors (Lipinski definition) is 0. The molecule has 0 saturated heterocycles. The lowest BCUT2D eigenvalue weighted by Gasteiger charge is -2.15. The zero-order valence-electron chi connectivity index (χ0n) is 32.2. The van der Waals surface area contributed by atoms with Crippen molar-refractivity contribution in [2.45, 2.75) is 20.3 Å². The maximum atomic E-state index is 2.47. The zero-order valence-corrected chi connectivity index (χ0v) is 32.2. The third-order valence-electron chi connectivity index (χ3n) is 11.3. The Morgan fingerprint density at radius 1 is 0.456 bits per heavy atom. The van der Waals surface area contributed by atoms with E-state index in [1.807, 2.05) is 0 Å². The molecule has 2 heteroatoms. The molecule has 0 N–H and O–H groups in total. The molecular formula is C55H42N2. The van der Waals surface area contributed by atoms with Crippen LogP contribution in [0.15, 0.2) is 206 Å². The molecule has 2 aromatic heterocycles. The second-order valence-electron chi connectivity index (χ2n) is 14.7. The Hall–Kier alpha value is -7.16. The monoisotopic (exact) mass is 730 g/mol. The van der Waals surface area contributed by atoms with Crippen molar-refractivity contribution in [1.29, 1.82) is 0 Å². The fourth-order valence-electron chi connectivity index (χ4n) is 8.80. The lowest BCUT2D eigenvalue weighted by atomic mass is 9.99. The van der Waals surface area contributed by atoms with Crippen molar-refractivity contribution in [3.63, 3.8) is 0 Å². The van der Waals surface area contributed by atoms with Crippen LogP contribution in [0.1, 0.15) is 25.8 Å². The summed E-state index contributed by atoms with van der Waals surface area (Å²) in [5.41, 5.74) is 16.8. The minimum absolute atomic E-state index is 1.01. The molecule has 10 aromatic rings. The summed E-state index contributed by atoms with van der Waals surface area (Å²) in [7, 11) is 0. The van der Waals surface area contributed by atoms with Crippen LogP contribution in [0.5, 0.6) is 0 Å². The summed E-state index contributed by atoms with van der Waals surface area (Å²) in [6.07, 6.45) is 7.60. The van der Waals surface area contributed by atoms with Crippen LogP contribution in [-0.4, -0.2) is 9.13 Å². The molecule has 0 aliphatic rings. The third-order valence-corrected chi connectivity index (χ3v) is 11.3. The lowest BCUT2D eigenvalue weighted by molar-refractivity contribution is 1.17. The second kappa shape index (κ2) is 14.5. The van der Waals surface area contributed by atoms with Gasteiger partial charge in [-0.25, -0.2) is 0 Å². The van der Waals surface area contributed by atoms with E-state index >= 15 is 0 Å². The van der Waals surface area contributed by atoms with E-state index in [-0.39, 0.29) is 0 Å². The Bertz CT molecular complexity index is 3130. The van der Waals surface area contributed by atoms with E-state index in [2.05, 4.69) is 229 Å². The van der Waals surface area contributed by atoms with Crippen LogP contribution in [-0.2, 0) is 0 Å². The van der Waals surface area contributed by atoms with Gasteiger partial charge in [-0.05, 0) is 94.8 Å². The molecule has 0 radical (unpaired) electrons.